The van der Waals surface area contributed by atoms with E-state index in [0.29, 0.717) is 0 Å². The Hall–Kier alpha value is -0.510. The smallest absolute Gasteiger partial charge is 0.0185 e. The van der Waals surface area contributed by atoms with Gasteiger partial charge in [0.15, 0.2) is 0 Å². The van der Waals surface area contributed by atoms with Crippen LogP contribution in [0.2, 0.25) is 0 Å². The molecule has 20 heavy (non-hydrogen) atoms. The number of nitrogens with zero attached hydrogens (tertiary/aromatic N) is 1. The second-order valence-electron chi connectivity index (χ2n) is 5.56. The zero-order valence-electron chi connectivity index (χ0n) is 12.7. The van der Waals surface area contributed by atoms with Crippen LogP contribution in [-0.4, -0.2) is 42.9 Å². The monoisotopic (exact) mass is 292 g/mol. The van der Waals surface area contributed by atoms with Gasteiger partial charge in [-0.05, 0) is 44.5 Å². The number of hydrogen-bond acceptors (Lipinski definition) is 3. The lowest BCUT2D eigenvalue weighted by molar-refractivity contribution is 0.172. The summed E-state index contributed by atoms with van der Waals surface area (Å²) >= 11 is 2.07. The van der Waals surface area contributed by atoms with Crippen LogP contribution in [0.5, 0.6) is 0 Å². The molecule has 1 aliphatic rings. The molecule has 1 aromatic rings. The molecule has 0 aromatic heterocycles. The molecule has 112 valence electrons. The molecule has 0 saturated carbocycles. The van der Waals surface area contributed by atoms with Gasteiger partial charge < -0.3 is 5.32 Å². The highest BCUT2D eigenvalue weighted by atomic mass is 32.2. The average molecular weight is 292 g/mol. The second kappa shape index (κ2) is 9.43. The molecule has 0 unspecified atom stereocenters. The van der Waals surface area contributed by atoms with Crippen LogP contribution in [0.1, 0.15) is 31.7 Å². The molecule has 2 nitrogen and oxygen atoms in total. The van der Waals surface area contributed by atoms with Crippen molar-refractivity contribution in [1.82, 2.24) is 10.2 Å². The molecular formula is C17H28N2S. The van der Waals surface area contributed by atoms with Gasteiger partial charge in [0.25, 0.3) is 0 Å². The molecule has 1 aliphatic heterocycles. The Labute approximate surface area is 128 Å². The third-order valence-electron chi connectivity index (χ3n) is 3.97. The predicted octanol–water partition coefficient (Wildman–Crippen LogP) is 3.38. The molecule has 1 saturated heterocycles. The maximum atomic E-state index is 3.47. The molecule has 0 aliphatic carbocycles. The van der Waals surface area contributed by atoms with E-state index in [1.807, 2.05) is 0 Å². The number of hydrogen-bond donors (Lipinski definition) is 1. The van der Waals surface area contributed by atoms with E-state index < -0.39 is 0 Å². The molecule has 0 amide bonds. The highest BCUT2D eigenvalue weighted by molar-refractivity contribution is 7.98. The summed E-state index contributed by atoms with van der Waals surface area (Å²) in [7, 11) is 0. The van der Waals surface area contributed by atoms with E-state index >= 15 is 0 Å². The van der Waals surface area contributed by atoms with Gasteiger partial charge in [-0.15, -0.1) is 0 Å². The molecule has 0 radical (unpaired) electrons. The van der Waals surface area contributed by atoms with Crippen molar-refractivity contribution in [3.05, 3.63) is 35.9 Å². The number of benzene rings is 1. The van der Waals surface area contributed by atoms with E-state index in [-0.39, 0.29) is 0 Å². The zero-order valence-corrected chi connectivity index (χ0v) is 13.5. The lowest BCUT2D eigenvalue weighted by Gasteiger charge is -2.34. The summed E-state index contributed by atoms with van der Waals surface area (Å²) in [5, 5.41) is 3.47. The summed E-state index contributed by atoms with van der Waals surface area (Å²) in [6.07, 6.45) is 3.92. The molecule has 2 rings (SSSR count). The largest absolute Gasteiger partial charge is 0.317 e. The Morgan fingerprint density at radius 3 is 2.60 bits per heavy atom. The van der Waals surface area contributed by atoms with E-state index in [4.69, 9.17) is 0 Å². The van der Waals surface area contributed by atoms with Crippen LogP contribution < -0.4 is 5.32 Å². The SMILES string of the molecule is CCCN(CCSCc1ccccc1)C1CCNCC1. The Kier molecular flexibility index (Phi) is 7.48. The van der Waals surface area contributed by atoms with Crippen LogP contribution in [-0.2, 0) is 5.75 Å². The van der Waals surface area contributed by atoms with Crippen LogP contribution in [0.4, 0.5) is 0 Å². The van der Waals surface area contributed by atoms with Gasteiger partial charge in [-0.2, -0.15) is 11.8 Å². The van der Waals surface area contributed by atoms with E-state index in [9.17, 15) is 0 Å². The first-order chi connectivity index (χ1) is 9.90. The third-order valence-corrected chi connectivity index (χ3v) is 4.98. The van der Waals surface area contributed by atoms with Gasteiger partial charge >= 0.3 is 0 Å². The van der Waals surface area contributed by atoms with E-state index in [1.165, 1.54) is 56.8 Å². The topological polar surface area (TPSA) is 15.3 Å². The first-order valence-electron chi connectivity index (χ1n) is 7.96. The quantitative estimate of drug-likeness (QED) is 0.740. The Balaban J connectivity index is 1.69. The van der Waals surface area contributed by atoms with Crippen LogP contribution in [0.25, 0.3) is 0 Å². The van der Waals surface area contributed by atoms with E-state index in [2.05, 4.69) is 59.2 Å². The summed E-state index contributed by atoms with van der Waals surface area (Å²) in [6.45, 7) is 7.20. The molecule has 1 aromatic carbocycles. The fraction of sp³-hybridized carbons (Fsp3) is 0.647. The van der Waals surface area contributed by atoms with Gasteiger partial charge in [-0.3, -0.25) is 4.90 Å². The van der Waals surface area contributed by atoms with Gasteiger partial charge in [-0.1, -0.05) is 37.3 Å². The fourth-order valence-electron chi connectivity index (χ4n) is 2.88. The van der Waals surface area contributed by atoms with Crippen molar-refractivity contribution in [2.45, 2.75) is 38.0 Å². The Morgan fingerprint density at radius 1 is 1.15 bits per heavy atom. The van der Waals surface area contributed by atoms with Crippen molar-refractivity contribution in [2.75, 3.05) is 31.9 Å². The van der Waals surface area contributed by atoms with Crippen LogP contribution >= 0.6 is 11.8 Å². The number of nitrogens with one attached hydrogen (secondary N) is 1. The highest BCUT2D eigenvalue weighted by Gasteiger charge is 2.19. The van der Waals surface area contributed by atoms with Crippen molar-refractivity contribution in [2.24, 2.45) is 0 Å². The minimum Gasteiger partial charge on any atom is -0.317 e. The number of rotatable bonds is 8. The molecule has 0 bridgehead atoms. The average Bonchev–Trinajstić information content (AvgIpc) is 2.52. The lowest BCUT2D eigenvalue weighted by atomic mass is 10.0. The molecular weight excluding hydrogens is 264 g/mol. The zero-order chi connectivity index (χ0) is 14.0. The van der Waals surface area contributed by atoms with Gasteiger partial charge in [0.05, 0.1) is 0 Å². The van der Waals surface area contributed by atoms with E-state index in [0.717, 1.165) is 11.8 Å². The van der Waals surface area contributed by atoms with Crippen molar-refractivity contribution >= 4 is 11.8 Å². The van der Waals surface area contributed by atoms with Gasteiger partial charge in [0.2, 0.25) is 0 Å². The first-order valence-corrected chi connectivity index (χ1v) is 9.12. The maximum Gasteiger partial charge on any atom is 0.0185 e. The van der Waals surface area contributed by atoms with Crippen LogP contribution in [0.15, 0.2) is 30.3 Å². The Morgan fingerprint density at radius 2 is 1.90 bits per heavy atom. The summed E-state index contributed by atoms with van der Waals surface area (Å²) < 4.78 is 0. The number of piperidine rings is 1. The fourth-order valence-corrected chi connectivity index (χ4v) is 3.82. The van der Waals surface area contributed by atoms with E-state index in [1.54, 1.807) is 0 Å². The summed E-state index contributed by atoms with van der Waals surface area (Å²) in [6, 6.07) is 11.6. The Bertz CT molecular complexity index is 349. The molecule has 0 atom stereocenters. The van der Waals surface area contributed by atoms with Gasteiger partial charge in [0.1, 0.15) is 0 Å². The number of thioether (sulfide) groups is 1. The molecule has 3 heteroatoms. The normalized spacial score (nSPS) is 16.7. The van der Waals surface area contributed by atoms with Crippen LogP contribution in [0, 0.1) is 0 Å². The van der Waals surface area contributed by atoms with Crippen LogP contribution in [0.3, 0.4) is 0 Å². The molecule has 1 N–H and O–H groups in total. The lowest BCUT2D eigenvalue weighted by Crippen LogP contribution is -2.44. The summed E-state index contributed by atoms with van der Waals surface area (Å²) in [5.41, 5.74) is 1.45. The first kappa shape index (κ1) is 15.9. The standard InChI is InChI=1S/C17H28N2S/c1-2-12-19(17-8-10-18-11-9-17)13-14-20-15-16-6-4-3-5-7-16/h3-7,17-18H,2,8-15H2,1H3. The molecule has 1 heterocycles. The minimum atomic E-state index is 0.813. The van der Waals surface area contributed by atoms with Crippen molar-refractivity contribution in [3.8, 4) is 0 Å². The van der Waals surface area contributed by atoms with Gasteiger partial charge in [-0.25, -0.2) is 0 Å². The molecule has 1 fully saturated rings. The minimum absolute atomic E-state index is 0.813. The second-order valence-corrected chi connectivity index (χ2v) is 6.66. The van der Waals surface area contributed by atoms with Crippen molar-refractivity contribution < 1.29 is 0 Å². The van der Waals surface area contributed by atoms with Crippen molar-refractivity contribution in [3.63, 3.8) is 0 Å². The van der Waals surface area contributed by atoms with Gasteiger partial charge in [0, 0.05) is 24.1 Å². The maximum absolute atomic E-state index is 3.47. The summed E-state index contributed by atoms with van der Waals surface area (Å²) in [5.74, 6) is 2.39. The molecule has 0 spiro atoms. The predicted molar refractivity (Wildman–Crippen MR) is 90.4 cm³/mol. The van der Waals surface area contributed by atoms with Crippen molar-refractivity contribution in [1.29, 1.82) is 0 Å². The highest BCUT2D eigenvalue weighted by Crippen LogP contribution is 2.16. The summed E-state index contributed by atoms with van der Waals surface area (Å²) in [4.78, 5) is 2.72. The third kappa shape index (κ3) is 5.47.